The quantitative estimate of drug-likeness (QED) is 0.671. The second kappa shape index (κ2) is 7.13. The molecule has 0 radical (unpaired) electrons. The molecule has 0 N–H and O–H groups in total. The predicted molar refractivity (Wildman–Crippen MR) is 94.0 cm³/mol. The highest BCUT2D eigenvalue weighted by atomic mass is 16.4. The summed E-state index contributed by atoms with van der Waals surface area (Å²) in [7, 11) is 0. The SMILES string of the molecule is CCCN(Cc1ccccc1)C(=O)c1cc2ccccc2oc1=O. The average molecular weight is 321 g/mol. The van der Waals surface area contributed by atoms with Crippen molar-refractivity contribution in [1.82, 2.24) is 4.90 Å². The van der Waals surface area contributed by atoms with E-state index in [1.54, 1.807) is 23.1 Å². The van der Waals surface area contributed by atoms with Gasteiger partial charge in [0.15, 0.2) is 0 Å². The molecule has 0 aliphatic heterocycles. The van der Waals surface area contributed by atoms with Crippen LogP contribution in [0.15, 0.2) is 69.9 Å². The number of nitrogens with zero attached hydrogens (tertiary/aromatic N) is 1. The van der Waals surface area contributed by atoms with Gasteiger partial charge in [-0.1, -0.05) is 55.5 Å². The van der Waals surface area contributed by atoms with E-state index in [9.17, 15) is 9.59 Å². The van der Waals surface area contributed by atoms with E-state index >= 15 is 0 Å². The molecule has 0 unspecified atom stereocenters. The molecule has 0 spiro atoms. The van der Waals surface area contributed by atoms with Crippen molar-refractivity contribution in [3.63, 3.8) is 0 Å². The topological polar surface area (TPSA) is 50.5 Å². The number of para-hydroxylation sites is 1. The Morgan fingerprint density at radius 1 is 1.04 bits per heavy atom. The smallest absolute Gasteiger partial charge is 0.349 e. The standard InChI is InChI=1S/C20H19NO3/c1-2-12-21(14-15-8-4-3-5-9-15)19(22)17-13-16-10-6-7-11-18(16)24-20(17)23/h3-11,13H,2,12,14H2,1H3. The number of hydrogen-bond donors (Lipinski definition) is 0. The van der Waals surface area contributed by atoms with Crippen molar-refractivity contribution in [1.29, 1.82) is 0 Å². The number of amides is 1. The van der Waals surface area contributed by atoms with Gasteiger partial charge in [0.05, 0.1) is 0 Å². The van der Waals surface area contributed by atoms with Gasteiger partial charge in [-0.05, 0) is 24.1 Å². The van der Waals surface area contributed by atoms with E-state index in [2.05, 4.69) is 0 Å². The van der Waals surface area contributed by atoms with E-state index < -0.39 is 5.63 Å². The molecule has 4 nitrogen and oxygen atoms in total. The third kappa shape index (κ3) is 3.38. The van der Waals surface area contributed by atoms with Gasteiger partial charge in [-0.15, -0.1) is 0 Å². The van der Waals surface area contributed by atoms with Crippen molar-refractivity contribution in [2.75, 3.05) is 6.54 Å². The third-order valence-electron chi connectivity index (χ3n) is 3.87. The lowest BCUT2D eigenvalue weighted by Gasteiger charge is -2.22. The summed E-state index contributed by atoms with van der Waals surface area (Å²) in [5.74, 6) is -0.291. The van der Waals surface area contributed by atoms with Gasteiger partial charge >= 0.3 is 5.63 Å². The van der Waals surface area contributed by atoms with Crippen LogP contribution in [0.2, 0.25) is 0 Å². The first-order chi connectivity index (χ1) is 11.7. The molecule has 1 aromatic heterocycles. The predicted octanol–water partition coefficient (Wildman–Crippen LogP) is 3.85. The van der Waals surface area contributed by atoms with Crippen LogP contribution in [-0.2, 0) is 6.54 Å². The van der Waals surface area contributed by atoms with Crippen LogP contribution >= 0.6 is 0 Å². The number of rotatable bonds is 5. The van der Waals surface area contributed by atoms with Crippen molar-refractivity contribution >= 4 is 16.9 Å². The van der Waals surface area contributed by atoms with Crippen LogP contribution in [0.25, 0.3) is 11.0 Å². The van der Waals surface area contributed by atoms with Gasteiger partial charge in [-0.25, -0.2) is 4.79 Å². The highest BCUT2D eigenvalue weighted by molar-refractivity contribution is 5.96. The minimum absolute atomic E-state index is 0.0816. The summed E-state index contributed by atoms with van der Waals surface area (Å²) < 4.78 is 5.29. The number of carbonyl (C=O) groups is 1. The van der Waals surface area contributed by atoms with Crippen LogP contribution in [-0.4, -0.2) is 17.4 Å². The maximum absolute atomic E-state index is 12.9. The molecule has 0 saturated carbocycles. The summed E-state index contributed by atoms with van der Waals surface area (Å²) >= 11 is 0. The van der Waals surface area contributed by atoms with Gasteiger partial charge in [0.2, 0.25) is 0 Å². The average Bonchev–Trinajstić information content (AvgIpc) is 2.61. The lowest BCUT2D eigenvalue weighted by molar-refractivity contribution is 0.0739. The molecule has 2 aromatic carbocycles. The fraction of sp³-hybridized carbons (Fsp3) is 0.200. The normalized spacial score (nSPS) is 10.7. The van der Waals surface area contributed by atoms with E-state index in [4.69, 9.17) is 4.42 Å². The Morgan fingerprint density at radius 2 is 1.75 bits per heavy atom. The van der Waals surface area contributed by atoms with Crippen molar-refractivity contribution in [2.45, 2.75) is 19.9 Å². The zero-order chi connectivity index (χ0) is 16.9. The first-order valence-corrected chi connectivity index (χ1v) is 8.05. The third-order valence-corrected chi connectivity index (χ3v) is 3.87. The van der Waals surface area contributed by atoms with Gasteiger partial charge in [0.25, 0.3) is 5.91 Å². The van der Waals surface area contributed by atoms with Crippen LogP contribution in [0, 0.1) is 0 Å². The molecular formula is C20H19NO3. The molecule has 0 atom stereocenters. The van der Waals surface area contributed by atoms with Crippen LogP contribution in [0.4, 0.5) is 0 Å². The van der Waals surface area contributed by atoms with E-state index in [-0.39, 0.29) is 11.5 Å². The number of fused-ring (bicyclic) bond motifs is 1. The molecular weight excluding hydrogens is 302 g/mol. The molecule has 122 valence electrons. The zero-order valence-electron chi connectivity index (χ0n) is 13.6. The minimum atomic E-state index is -0.590. The molecule has 3 aromatic rings. The second-order valence-electron chi connectivity index (χ2n) is 5.70. The zero-order valence-corrected chi connectivity index (χ0v) is 13.6. The first kappa shape index (κ1) is 16.0. The van der Waals surface area contributed by atoms with E-state index in [0.29, 0.717) is 18.7 Å². The van der Waals surface area contributed by atoms with Crippen molar-refractivity contribution in [3.8, 4) is 0 Å². The molecule has 0 fully saturated rings. The molecule has 0 saturated heterocycles. The number of carbonyl (C=O) groups excluding carboxylic acids is 1. The van der Waals surface area contributed by atoms with Gasteiger partial charge in [-0.2, -0.15) is 0 Å². The summed E-state index contributed by atoms with van der Waals surface area (Å²) in [6.07, 6.45) is 0.817. The number of benzene rings is 2. The summed E-state index contributed by atoms with van der Waals surface area (Å²) in [4.78, 5) is 26.8. The Kier molecular flexibility index (Phi) is 4.75. The second-order valence-corrected chi connectivity index (χ2v) is 5.70. The van der Waals surface area contributed by atoms with E-state index in [1.807, 2.05) is 49.4 Å². The van der Waals surface area contributed by atoms with Crippen molar-refractivity contribution < 1.29 is 9.21 Å². The van der Waals surface area contributed by atoms with Gasteiger partial charge < -0.3 is 9.32 Å². The summed E-state index contributed by atoms with van der Waals surface area (Å²) in [5.41, 5.74) is 1.01. The molecule has 1 amide bonds. The fourth-order valence-electron chi connectivity index (χ4n) is 2.71. The van der Waals surface area contributed by atoms with E-state index in [1.165, 1.54) is 0 Å². The Balaban J connectivity index is 1.95. The lowest BCUT2D eigenvalue weighted by atomic mass is 10.1. The molecule has 3 rings (SSSR count). The molecule has 0 bridgehead atoms. The Hall–Kier alpha value is -2.88. The summed E-state index contributed by atoms with van der Waals surface area (Å²) in [6, 6.07) is 18.6. The maximum atomic E-state index is 12.9. The fourth-order valence-corrected chi connectivity index (χ4v) is 2.71. The Bertz CT molecular complexity index is 899. The van der Waals surface area contributed by atoms with Crippen molar-refractivity contribution in [3.05, 3.63) is 82.2 Å². The summed E-state index contributed by atoms with van der Waals surface area (Å²) in [5, 5.41) is 0.747. The maximum Gasteiger partial charge on any atom is 0.349 e. The van der Waals surface area contributed by atoms with Gasteiger partial charge in [0, 0.05) is 18.5 Å². The minimum Gasteiger partial charge on any atom is -0.422 e. The highest BCUT2D eigenvalue weighted by Crippen LogP contribution is 2.15. The van der Waals surface area contributed by atoms with Gasteiger partial charge in [0.1, 0.15) is 11.1 Å². The highest BCUT2D eigenvalue weighted by Gasteiger charge is 2.20. The first-order valence-electron chi connectivity index (χ1n) is 8.05. The van der Waals surface area contributed by atoms with Crippen molar-refractivity contribution in [2.24, 2.45) is 0 Å². The van der Waals surface area contributed by atoms with E-state index in [0.717, 1.165) is 17.4 Å². The molecule has 0 aliphatic rings. The van der Waals surface area contributed by atoms with Crippen LogP contribution in [0.3, 0.4) is 0 Å². The van der Waals surface area contributed by atoms with Crippen LogP contribution in [0.1, 0.15) is 29.3 Å². The van der Waals surface area contributed by atoms with Crippen LogP contribution in [0.5, 0.6) is 0 Å². The molecule has 4 heteroatoms. The largest absolute Gasteiger partial charge is 0.422 e. The van der Waals surface area contributed by atoms with Crippen LogP contribution < -0.4 is 5.63 Å². The Morgan fingerprint density at radius 3 is 2.50 bits per heavy atom. The molecule has 0 aliphatic carbocycles. The number of hydrogen-bond acceptors (Lipinski definition) is 3. The monoisotopic (exact) mass is 321 g/mol. The summed E-state index contributed by atoms with van der Waals surface area (Å²) in [6.45, 7) is 3.06. The lowest BCUT2D eigenvalue weighted by Crippen LogP contribution is -2.34. The Labute approximate surface area is 140 Å². The van der Waals surface area contributed by atoms with Gasteiger partial charge in [-0.3, -0.25) is 4.79 Å². The molecule has 24 heavy (non-hydrogen) atoms. The molecule has 1 heterocycles.